The number of aryl methyl sites for hydroxylation is 1. The molecule has 0 fully saturated rings. The zero-order chi connectivity index (χ0) is 15.3. The summed E-state index contributed by atoms with van der Waals surface area (Å²) in [6, 6.07) is 6.81. The Balaban J connectivity index is 1.77. The second kappa shape index (κ2) is 6.88. The van der Waals surface area contributed by atoms with Gasteiger partial charge in [0.05, 0.1) is 12.3 Å². The van der Waals surface area contributed by atoms with E-state index in [2.05, 4.69) is 9.71 Å². The topological polar surface area (TPSA) is 94.3 Å². The first-order chi connectivity index (χ1) is 9.94. The molecular weight excluding hydrogens is 310 g/mol. The van der Waals surface area contributed by atoms with E-state index in [0.717, 1.165) is 9.88 Å². The largest absolute Gasteiger partial charge is 0.492 e. The maximum absolute atomic E-state index is 11.8. The number of anilines is 1. The Bertz CT molecular complexity index is 681. The molecule has 0 aliphatic heterocycles. The fourth-order valence-corrected chi connectivity index (χ4v) is 3.18. The number of sulfonamides is 1. The summed E-state index contributed by atoms with van der Waals surface area (Å²) in [4.78, 5) is 5.16. The molecule has 2 rings (SSSR count). The lowest BCUT2D eigenvalue weighted by Crippen LogP contribution is -2.28. The van der Waals surface area contributed by atoms with Gasteiger partial charge in [-0.05, 0) is 31.2 Å². The Labute approximate surface area is 128 Å². The summed E-state index contributed by atoms with van der Waals surface area (Å²) in [5.41, 5.74) is 6.19. The van der Waals surface area contributed by atoms with E-state index in [1.54, 1.807) is 30.5 Å². The molecule has 3 N–H and O–H groups in total. The zero-order valence-corrected chi connectivity index (χ0v) is 13.2. The third kappa shape index (κ3) is 5.33. The highest BCUT2D eigenvalue weighted by atomic mass is 32.2. The lowest BCUT2D eigenvalue weighted by Gasteiger charge is -2.08. The molecule has 114 valence electrons. The van der Waals surface area contributed by atoms with Crippen molar-refractivity contribution >= 4 is 27.0 Å². The summed E-state index contributed by atoms with van der Waals surface area (Å²) in [5.74, 6) is 0.483. The summed E-state index contributed by atoms with van der Waals surface area (Å²) < 4.78 is 31.5. The first kappa shape index (κ1) is 15.7. The summed E-state index contributed by atoms with van der Waals surface area (Å²) in [7, 11) is -3.38. The van der Waals surface area contributed by atoms with Crippen molar-refractivity contribution < 1.29 is 13.2 Å². The third-order valence-corrected chi connectivity index (χ3v) is 4.81. The number of nitrogens with two attached hydrogens (primary N) is 1. The van der Waals surface area contributed by atoms with Crippen LogP contribution in [0.25, 0.3) is 0 Å². The van der Waals surface area contributed by atoms with Crippen LogP contribution in [0, 0.1) is 6.92 Å². The van der Waals surface area contributed by atoms with Crippen LogP contribution in [0.3, 0.4) is 0 Å². The van der Waals surface area contributed by atoms with Crippen molar-refractivity contribution in [1.82, 2.24) is 9.71 Å². The molecule has 0 amide bonds. The van der Waals surface area contributed by atoms with Gasteiger partial charge in [-0.3, -0.25) is 0 Å². The smallest absolute Gasteiger partial charge is 0.215 e. The van der Waals surface area contributed by atoms with Gasteiger partial charge in [0.15, 0.2) is 0 Å². The molecule has 2 aromatic rings. The van der Waals surface area contributed by atoms with E-state index >= 15 is 0 Å². The highest BCUT2D eigenvalue weighted by molar-refractivity contribution is 7.89. The van der Waals surface area contributed by atoms with Gasteiger partial charge in [0, 0.05) is 16.8 Å². The van der Waals surface area contributed by atoms with Crippen LogP contribution in [-0.4, -0.2) is 25.8 Å². The maximum atomic E-state index is 11.8. The van der Waals surface area contributed by atoms with Gasteiger partial charge < -0.3 is 10.5 Å². The van der Waals surface area contributed by atoms with Crippen LogP contribution in [0.2, 0.25) is 0 Å². The molecule has 21 heavy (non-hydrogen) atoms. The van der Waals surface area contributed by atoms with E-state index in [9.17, 15) is 8.42 Å². The molecule has 6 nitrogen and oxygen atoms in total. The van der Waals surface area contributed by atoms with Crippen LogP contribution in [0.5, 0.6) is 5.75 Å². The molecule has 0 unspecified atom stereocenters. The molecule has 0 saturated heterocycles. The van der Waals surface area contributed by atoms with E-state index in [1.165, 1.54) is 11.3 Å². The van der Waals surface area contributed by atoms with Crippen LogP contribution in [0.4, 0.5) is 5.69 Å². The predicted molar refractivity (Wildman–Crippen MR) is 83.8 cm³/mol. The number of nitrogens with one attached hydrogen (secondary N) is 1. The van der Waals surface area contributed by atoms with Crippen molar-refractivity contribution in [1.29, 1.82) is 0 Å². The number of ether oxygens (including phenoxy) is 1. The average molecular weight is 327 g/mol. The summed E-state index contributed by atoms with van der Waals surface area (Å²) in [6.45, 7) is 2.22. The van der Waals surface area contributed by atoms with Gasteiger partial charge in [-0.1, -0.05) is 0 Å². The molecule has 0 aliphatic rings. The summed E-state index contributed by atoms with van der Waals surface area (Å²) in [5, 5.41) is 0.746. The Morgan fingerprint density at radius 2 is 2.05 bits per heavy atom. The van der Waals surface area contributed by atoms with Gasteiger partial charge in [0.25, 0.3) is 0 Å². The number of benzene rings is 1. The van der Waals surface area contributed by atoms with Gasteiger partial charge in [-0.15, -0.1) is 11.3 Å². The number of hydrogen-bond donors (Lipinski definition) is 2. The van der Waals surface area contributed by atoms with Crippen LogP contribution >= 0.6 is 11.3 Å². The van der Waals surface area contributed by atoms with Crippen molar-refractivity contribution in [2.24, 2.45) is 0 Å². The fraction of sp³-hybridized carbons (Fsp3) is 0.308. The quantitative estimate of drug-likeness (QED) is 0.752. The monoisotopic (exact) mass is 327 g/mol. The van der Waals surface area contributed by atoms with Gasteiger partial charge in [0.1, 0.15) is 17.4 Å². The van der Waals surface area contributed by atoms with Gasteiger partial charge in [-0.25, -0.2) is 18.1 Å². The highest BCUT2D eigenvalue weighted by Gasteiger charge is 2.11. The van der Waals surface area contributed by atoms with E-state index in [0.29, 0.717) is 11.4 Å². The molecule has 0 aliphatic carbocycles. The Morgan fingerprint density at radius 1 is 1.33 bits per heavy atom. The van der Waals surface area contributed by atoms with E-state index in [-0.39, 0.29) is 18.9 Å². The van der Waals surface area contributed by atoms with Crippen molar-refractivity contribution in [3.63, 3.8) is 0 Å². The molecule has 1 heterocycles. The highest BCUT2D eigenvalue weighted by Crippen LogP contribution is 2.13. The van der Waals surface area contributed by atoms with Gasteiger partial charge in [-0.2, -0.15) is 0 Å². The lowest BCUT2D eigenvalue weighted by atomic mass is 10.3. The van der Waals surface area contributed by atoms with Crippen LogP contribution in [0.1, 0.15) is 9.88 Å². The van der Waals surface area contributed by atoms with E-state index in [1.807, 2.05) is 6.92 Å². The Morgan fingerprint density at radius 3 is 2.67 bits per heavy atom. The molecule has 0 atom stereocenters. The van der Waals surface area contributed by atoms with Crippen molar-refractivity contribution in [2.45, 2.75) is 13.5 Å². The van der Waals surface area contributed by atoms with Crippen LogP contribution in [-0.2, 0) is 16.6 Å². The number of hydrogen-bond acceptors (Lipinski definition) is 6. The number of nitrogens with zero attached hydrogens (tertiary/aromatic N) is 1. The second-order valence-corrected chi connectivity index (χ2v) is 7.67. The third-order valence-electron chi connectivity index (χ3n) is 2.61. The van der Waals surface area contributed by atoms with Crippen molar-refractivity contribution in [3.8, 4) is 5.75 Å². The van der Waals surface area contributed by atoms with E-state index in [4.69, 9.17) is 10.5 Å². The van der Waals surface area contributed by atoms with Crippen molar-refractivity contribution in [3.05, 3.63) is 40.3 Å². The first-order valence-electron chi connectivity index (χ1n) is 6.31. The Hall–Kier alpha value is -1.64. The standard InChI is InChI=1S/C13H17N3O3S2/c1-10-8-15-13(20-10)9-16-21(17,18)7-6-19-12-4-2-11(14)3-5-12/h2-5,8,16H,6-7,9,14H2,1H3. The van der Waals surface area contributed by atoms with Gasteiger partial charge in [0.2, 0.25) is 10.0 Å². The summed E-state index contributed by atoms with van der Waals surface area (Å²) in [6.07, 6.45) is 1.72. The molecule has 0 radical (unpaired) electrons. The molecule has 0 saturated carbocycles. The fourth-order valence-electron chi connectivity index (χ4n) is 1.56. The van der Waals surface area contributed by atoms with E-state index < -0.39 is 10.0 Å². The number of rotatable bonds is 7. The molecule has 0 bridgehead atoms. The normalized spacial score (nSPS) is 11.5. The molecular formula is C13H17N3O3S2. The SMILES string of the molecule is Cc1cnc(CNS(=O)(=O)CCOc2ccc(N)cc2)s1. The van der Waals surface area contributed by atoms with Crippen LogP contribution in [0.15, 0.2) is 30.5 Å². The zero-order valence-electron chi connectivity index (χ0n) is 11.6. The average Bonchev–Trinajstić information content (AvgIpc) is 2.85. The number of nitrogen functional groups attached to an aromatic ring is 1. The minimum atomic E-state index is -3.38. The predicted octanol–water partition coefficient (Wildman–Crippen LogP) is 1.53. The maximum Gasteiger partial charge on any atom is 0.215 e. The van der Waals surface area contributed by atoms with Crippen LogP contribution < -0.4 is 15.2 Å². The minimum Gasteiger partial charge on any atom is -0.492 e. The van der Waals surface area contributed by atoms with Gasteiger partial charge >= 0.3 is 0 Å². The lowest BCUT2D eigenvalue weighted by molar-refractivity contribution is 0.340. The summed E-state index contributed by atoms with van der Waals surface area (Å²) >= 11 is 1.47. The number of thiazole rings is 1. The second-order valence-electron chi connectivity index (χ2n) is 4.42. The Kier molecular flexibility index (Phi) is 5.16. The minimum absolute atomic E-state index is 0.0795. The molecule has 0 spiro atoms. The molecule has 8 heteroatoms. The van der Waals surface area contributed by atoms with Crippen molar-refractivity contribution in [2.75, 3.05) is 18.1 Å². The first-order valence-corrected chi connectivity index (χ1v) is 8.78. The molecule has 1 aromatic carbocycles. The molecule has 1 aromatic heterocycles. The number of aromatic nitrogens is 1.